The number of aromatic nitrogens is 3. The molecule has 49 heavy (non-hydrogen) atoms. The molecule has 0 bridgehead atoms. The molecule has 0 aliphatic heterocycles. The molecule has 0 saturated carbocycles. The van der Waals surface area contributed by atoms with E-state index in [1.54, 1.807) is 0 Å². The Hall–Kier alpha value is -6.65. The summed E-state index contributed by atoms with van der Waals surface area (Å²) in [4.78, 5) is 14.6. The third kappa shape index (κ3) is 5.35. The minimum atomic E-state index is -0.687. The van der Waals surface area contributed by atoms with Crippen LogP contribution >= 0.6 is 0 Å². The van der Waals surface area contributed by atoms with Crippen molar-refractivity contribution in [1.82, 2.24) is 15.0 Å². The summed E-state index contributed by atoms with van der Waals surface area (Å²) in [5.41, 5.74) is 3.53. The maximum Gasteiger partial charge on any atom is 0.167 e. The van der Waals surface area contributed by atoms with Crippen LogP contribution in [0.1, 0.15) is 15.1 Å². The van der Waals surface area contributed by atoms with E-state index in [2.05, 4.69) is 0 Å². The van der Waals surface area contributed by atoms with Gasteiger partial charge in [-0.3, -0.25) is 0 Å². The lowest BCUT2D eigenvalue weighted by atomic mass is 9.99. The molecular formula is C45H29N3O. The van der Waals surface area contributed by atoms with Crippen LogP contribution in [-0.2, 0) is 0 Å². The fourth-order valence-corrected chi connectivity index (χ4v) is 5.86. The first-order valence-corrected chi connectivity index (χ1v) is 15.5. The second-order valence-corrected chi connectivity index (χ2v) is 11.2. The van der Waals surface area contributed by atoms with Gasteiger partial charge in [0.25, 0.3) is 0 Å². The molecule has 0 saturated heterocycles. The maximum atomic E-state index is 9.23. The number of fused-ring (bicyclic) bond motifs is 3. The lowest BCUT2D eigenvalue weighted by Gasteiger charge is -2.10. The Morgan fingerprint density at radius 3 is 1.73 bits per heavy atom. The summed E-state index contributed by atoms with van der Waals surface area (Å²) < 4.78 is 103. The van der Waals surface area contributed by atoms with Crippen LogP contribution in [0.15, 0.2) is 180 Å². The summed E-state index contributed by atoms with van der Waals surface area (Å²) in [6, 6.07) is 27.9. The highest BCUT2D eigenvalue weighted by Crippen LogP contribution is 2.40. The van der Waals surface area contributed by atoms with Gasteiger partial charge in [-0.05, 0) is 51.5 Å². The molecule has 0 spiro atoms. The van der Waals surface area contributed by atoms with Gasteiger partial charge in [0.15, 0.2) is 17.5 Å². The van der Waals surface area contributed by atoms with E-state index in [0.29, 0.717) is 11.1 Å². The van der Waals surface area contributed by atoms with Gasteiger partial charge in [-0.15, -0.1) is 0 Å². The predicted octanol–water partition coefficient (Wildman–Crippen LogP) is 11.8. The van der Waals surface area contributed by atoms with Crippen LogP contribution in [0.2, 0.25) is 0 Å². The summed E-state index contributed by atoms with van der Waals surface area (Å²) in [7, 11) is 0. The summed E-state index contributed by atoms with van der Waals surface area (Å²) in [6.07, 6.45) is 0. The van der Waals surface area contributed by atoms with E-state index < -0.39 is 72.0 Å². The molecule has 9 aromatic rings. The van der Waals surface area contributed by atoms with Crippen LogP contribution in [0.25, 0.3) is 89.5 Å². The highest BCUT2D eigenvalue weighted by atomic mass is 16.3. The molecule has 4 nitrogen and oxygen atoms in total. The summed E-state index contributed by atoms with van der Waals surface area (Å²) in [5.74, 6) is 0.323. The molecule has 0 unspecified atom stereocenters. The maximum absolute atomic E-state index is 9.23. The highest BCUT2D eigenvalue weighted by Gasteiger charge is 2.19. The normalized spacial score (nSPS) is 14.4. The average Bonchev–Trinajstić information content (AvgIpc) is 3.68. The number of benzene rings is 7. The van der Waals surface area contributed by atoms with Gasteiger partial charge in [0, 0.05) is 21.9 Å². The molecular weight excluding hydrogens is 599 g/mol. The molecule has 0 aliphatic carbocycles. The van der Waals surface area contributed by atoms with Crippen LogP contribution in [0.3, 0.4) is 0 Å². The first-order chi connectivity index (χ1) is 28.8. The Morgan fingerprint density at radius 1 is 0.408 bits per heavy atom. The Morgan fingerprint density at radius 2 is 0.980 bits per heavy atom. The van der Waals surface area contributed by atoms with Crippen LogP contribution in [0.4, 0.5) is 0 Å². The number of hydrogen-bond donors (Lipinski definition) is 0. The fraction of sp³-hybridized carbons (Fsp3) is 0. The van der Waals surface area contributed by atoms with Crippen molar-refractivity contribution in [2.75, 3.05) is 0 Å². The number of nitrogens with zero attached hydrogens (tertiary/aromatic N) is 3. The molecule has 0 amide bonds. The predicted molar refractivity (Wildman–Crippen MR) is 200 cm³/mol. The van der Waals surface area contributed by atoms with Gasteiger partial charge < -0.3 is 4.42 Å². The molecule has 0 aliphatic rings. The van der Waals surface area contributed by atoms with Crippen molar-refractivity contribution in [3.8, 4) is 67.5 Å². The van der Waals surface area contributed by atoms with Crippen LogP contribution in [0.5, 0.6) is 0 Å². The molecule has 0 N–H and O–H groups in total. The molecule has 7 aromatic carbocycles. The van der Waals surface area contributed by atoms with Gasteiger partial charge in [-0.2, -0.15) is 0 Å². The van der Waals surface area contributed by atoms with Gasteiger partial charge >= 0.3 is 0 Å². The zero-order valence-electron chi connectivity index (χ0n) is 36.6. The van der Waals surface area contributed by atoms with E-state index in [1.165, 1.54) is 0 Å². The molecule has 2 aromatic heterocycles. The first-order valence-electron chi connectivity index (χ1n) is 21.0. The molecule has 230 valence electrons. The van der Waals surface area contributed by atoms with Crippen molar-refractivity contribution in [3.05, 3.63) is 176 Å². The summed E-state index contributed by atoms with van der Waals surface area (Å²) in [6.45, 7) is 0. The van der Waals surface area contributed by atoms with Crippen molar-refractivity contribution in [1.29, 1.82) is 0 Å². The van der Waals surface area contributed by atoms with Crippen molar-refractivity contribution < 1.29 is 19.5 Å². The van der Waals surface area contributed by atoms with Crippen molar-refractivity contribution in [3.63, 3.8) is 0 Å². The fourth-order valence-electron chi connectivity index (χ4n) is 5.86. The van der Waals surface area contributed by atoms with E-state index in [4.69, 9.17) is 33.1 Å². The molecule has 4 heteroatoms. The van der Waals surface area contributed by atoms with Gasteiger partial charge in [0.2, 0.25) is 0 Å². The van der Waals surface area contributed by atoms with Gasteiger partial charge in [-0.1, -0.05) is 158 Å². The van der Waals surface area contributed by atoms with E-state index >= 15 is 0 Å². The monoisotopic (exact) mass is 638 g/mol. The second-order valence-electron chi connectivity index (χ2n) is 11.2. The van der Waals surface area contributed by atoms with E-state index in [1.807, 2.05) is 109 Å². The van der Waals surface area contributed by atoms with Crippen molar-refractivity contribution in [2.45, 2.75) is 0 Å². The Kier molecular flexibility index (Phi) is 4.78. The third-order valence-electron chi connectivity index (χ3n) is 8.21. The van der Waals surface area contributed by atoms with Gasteiger partial charge in [0.1, 0.15) is 11.2 Å². The quantitative estimate of drug-likeness (QED) is 0.182. The average molecular weight is 639 g/mol. The van der Waals surface area contributed by atoms with Gasteiger partial charge in [-0.25, -0.2) is 15.0 Å². The van der Waals surface area contributed by atoms with Crippen LogP contribution in [0, 0.1) is 0 Å². The Balaban J connectivity index is 1.35. The second kappa shape index (κ2) is 12.2. The molecule has 0 atom stereocenters. The summed E-state index contributed by atoms with van der Waals surface area (Å²) in [5, 5.41) is -0.359. The van der Waals surface area contributed by atoms with Crippen molar-refractivity contribution in [2.24, 2.45) is 0 Å². The lowest BCUT2D eigenvalue weighted by Crippen LogP contribution is -2.00. The molecule has 0 radical (unpaired) electrons. The largest absolute Gasteiger partial charge is 0.455 e. The molecule has 2 heterocycles. The number of rotatable bonds is 6. The SMILES string of the molecule is [2H]c1c([2H])c([2H])c(-c2c([2H])c([2H])c([2H])c3oc4c(-c5nc(-c6ccc(-c7ccccc7)cc6)nc(-c6cccc(-c7ccccc7)c6)n5)c([2H])c([2H])c([2H])c4c23)c([2H])c1[2H]. The first kappa shape index (κ1) is 19.2. The lowest BCUT2D eigenvalue weighted by molar-refractivity contribution is 0.669. The van der Waals surface area contributed by atoms with Crippen LogP contribution < -0.4 is 0 Å². The smallest absolute Gasteiger partial charge is 0.167 e. The number of furan rings is 1. The van der Waals surface area contributed by atoms with Crippen LogP contribution in [-0.4, -0.2) is 15.0 Å². The minimum Gasteiger partial charge on any atom is -0.455 e. The molecule has 9 rings (SSSR count). The zero-order valence-corrected chi connectivity index (χ0v) is 25.6. The van der Waals surface area contributed by atoms with Gasteiger partial charge in [0.05, 0.1) is 20.6 Å². The Labute approximate surface area is 299 Å². The zero-order chi connectivity index (χ0) is 42.1. The van der Waals surface area contributed by atoms with E-state index in [-0.39, 0.29) is 50.5 Å². The number of hydrogen-bond acceptors (Lipinski definition) is 4. The Bertz CT molecular complexity index is 3180. The number of para-hydroxylation sites is 1. The molecule has 0 fully saturated rings. The van der Waals surface area contributed by atoms with E-state index in [0.717, 1.165) is 22.3 Å². The third-order valence-corrected chi connectivity index (χ3v) is 8.21. The van der Waals surface area contributed by atoms with Crippen molar-refractivity contribution >= 4 is 21.9 Å². The van der Waals surface area contributed by atoms with E-state index in [9.17, 15) is 1.37 Å². The highest BCUT2D eigenvalue weighted by molar-refractivity contribution is 6.15. The summed E-state index contributed by atoms with van der Waals surface area (Å²) >= 11 is 0. The minimum absolute atomic E-state index is 0.108. The standard InChI is InChI=1S/C45H29N3O/c1-4-13-30(14-5-1)32-25-27-34(28-26-32)43-46-44(36-20-10-19-35(29-36)31-15-6-2-7-16-31)48-45(47-43)39-23-11-22-38-41-37(33-17-8-3-9-18-33)21-12-24-40(41)49-42(38)39/h1-29H/i3D,8D,9D,11D,12D,17D,18D,21D,22D,23D,24D. The topological polar surface area (TPSA) is 51.8 Å².